The number of hydrogen-bond acceptors (Lipinski definition) is 4. The quantitative estimate of drug-likeness (QED) is 0.715. The molecule has 1 aromatic heterocycles. The number of aryl methyl sites for hydroxylation is 2. The number of nitrogens with one attached hydrogen (secondary N) is 2. The van der Waals surface area contributed by atoms with Gasteiger partial charge in [-0.05, 0) is 25.5 Å². The monoisotopic (exact) mass is 267 g/mol. The largest absolute Gasteiger partial charge is 0.344 e. The van der Waals surface area contributed by atoms with Gasteiger partial charge in [-0.2, -0.15) is 12.6 Å². The number of anilines is 1. The van der Waals surface area contributed by atoms with Crippen molar-refractivity contribution in [3.63, 3.8) is 0 Å². The first-order valence-electron chi connectivity index (χ1n) is 5.56. The maximum atomic E-state index is 12.0. The lowest BCUT2D eigenvalue weighted by atomic mass is 10.2. The highest BCUT2D eigenvalue weighted by Gasteiger charge is 2.19. The van der Waals surface area contributed by atoms with Crippen LogP contribution >= 0.6 is 12.6 Å². The van der Waals surface area contributed by atoms with Crippen molar-refractivity contribution in [1.82, 2.24) is 10.3 Å². The SMILES string of the molecule is CC(=O)NC(CS)C(=O)Nc1c(C)ccnc1C. The second-order valence-electron chi connectivity index (χ2n) is 4.01. The fourth-order valence-electron chi connectivity index (χ4n) is 1.53. The van der Waals surface area contributed by atoms with Gasteiger partial charge < -0.3 is 10.6 Å². The second kappa shape index (κ2) is 6.39. The highest BCUT2D eigenvalue weighted by Crippen LogP contribution is 2.17. The van der Waals surface area contributed by atoms with E-state index in [1.807, 2.05) is 19.9 Å². The van der Waals surface area contributed by atoms with Crippen LogP contribution in [0, 0.1) is 13.8 Å². The van der Waals surface area contributed by atoms with Crippen LogP contribution in [0.1, 0.15) is 18.2 Å². The van der Waals surface area contributed by atoms with Crippen molar-refractivity contribution in [2.24, 2.45) is 0 Å². The van der Waals surface area contributed by atoms with E-state index < -0.39 is 6.04 Å². The predicted octanol–water partition coefficient (Wildman–Crippen LogP) is 1.07. The third-order valence-corrected chi connectivity index (χ3v) is 2.84. The number of amides is 2. The molecule has 0 saturated carbocycles. The van der Waals surface area contributed by atoms with E-state index in [1.165, 1.54) is 6.92 Å². The normalized spacial score (nSPS) is 11.8. The molecule has 0 bridgehead atoms. The molecule has 1 atom stereocenters. The molecule has 0 aromatic carbocycles. The maximum absolute atomic E-state index is 12.0. The molecule has 0 saturated heterocycles. The van der Waals surface area contributed by atoms with Crippen LogP contribution in [0.2, 0.25) is 0 Å². The molecule has 2 amide bonds. The van der Waals surface area contributed by atoms with Crippen LogP contribution < -0.4 is 10.6 Å². The van der Waals surface area contributed by atoms with E-state index in [4.69, 9.17) is 0 Å². The van der Waals surface area contributed by atoms with Gasteiger partial charge >= 0.3 is 0 Å². The summed E-state index contributed by atoms with van der Waals surface area (Å²) in [6.45, 7) is 5.07. The molecule has 0 aliphatic heterocycles. The summed E-state index contributed by atoms with van der Waals surface area (Å²) in [4.78, 5) is 27.1. The average molecular weight is 267 g/mol. The van der Waals surface area contributed by atoms with Gasteiger partial charge in [0, 0.05) is 18.9 Å². The highest BCUT2D eigenvalue weighted by molar-refractivity contribution is 7.80. The third kappa shape index (κ3) is 3.73. The Morgan fingerprint density at radius 3 is 2.61 bits per heavy atom. The summed E-state index contributed by atoms with van der Waals surface area (Å²) in [5, 5.41) is 5.31. The lowest BCUT2D eigenvalue weighted by Crippen LogP contribution is -2.44. The number of aromatic nitrogens is 1. The number of nitrogens with zero attached hydrogens (tertiary/aromatic N) is 1. The van der Waals surface area contributed by atoms with Gasteiger partial charge in [0.1, 0.15) is 6.04 Å². The van der Waals surface area contributed by atoms with Crippen LogP contribution in [-0.2, 0) is 9.59 Å². The molecular weight excluding hydrogens is 250 g/mol. The van der Waals surface area contributed by atoms with Gasteiger partial charge in [-0.15, -0.1) is 0 Å². The van der Waals surface area contributed by atoms with Crippen molar-refractivity contribution in [1.29, 1.82) is 0 Å². The summed E-state index contributed by atoms with van der Waals surface area (Å²) in [5.74, 6) is -0.313. The molecule has 1 aromatic rings. The van der Waals surface area contributed by atoms with Crippen LogP contribution in [0.25, 0.3) is 0 Å². The summed E-state index contributed by atoms with van der Waals surface area (Å²) in [5.41, 5.74) is 2.35. The number of pyridine rings is 1. The van der Waals surface area contributed by atoms with E-state index in [0.29, 0.717) is 5.69 Å². The van der Waals surface area contributed by atoms with E-state index in [2.05, 4.69) is 28.2 Å². The molecule has 1 unspecified atom stereocenters. The summed E-state index contributed by atoms with van der Waals surface area (Å²) >= 11 is 4.06. The molecule has 1 rings (SSSR count). The van der Waals surface area contributed by atoms with E-state index >= 15 is 0 Å². The maximum Gasteiger partial charge on any atom is 0.247 e. The zero-order valence-electron chi connectivity index (χ0n) is 10.7. The fraction of sp³-hybridized carbons (Fsp3) is 0.417. The summed E-state index contributed by atoms with van der Waals surface area (Å²) in [6.07, 6.45) is 1.68. The van der Waals surface area contributed by atoms with Crippen molar-refractivity contribution in [3.8, 4) is 0 Å². The Balaban J connectivity index is 2.83. The minimum absolute atomic E-state index is 0.240. The van der Waals surface area contributed by atoms with Crippen molar-refractivity contribution in [3.05, 3.63) is 23.5 Å². The van der Waals surface area contributed by atoms with Crippen LogP contribution in [0.3, 0.4) is 0 Å². The second-order valence-corrected chi connectivity index (χ2v) is 4.38. The molecule has 6 heteroatoms. The number of carbonyl (C=O) groups excluding carboxylic acids is 2. The fourth-order valence-corrected chi connectivity index (χ4v) is 1.79. The van der Waals surface area contributed by atoms with E-state index in [-0.39, 0.29) is 17.6 Å². The molecule has 18 heavy (non-hydrogen) atoms. The minimum atomic E-state index is -0.648. The smallest absolute Gasteiger partial charge is 0.247 e. The van der Waals surface area contributed by atoms with Crippen LogP contribution in [-0.4, -0.2) is 28.6 Å². The molecule has 98 valence electrons. The van der Waals surface area contributed by atoms with Gasteiger partial charge in [-0.3, -0.25) is 14.6 Å². The Morgan fingerprint density at radius 1 is 1.44 bits per heavy atom. The first kappa shape index (κ1) is 14.5. The van der Waals surface area contributed by atoms with Crippen molar-refractivity contribution < 1.29 is 9.59 Å². The van der Waals surface area contributed by atoms with E-state index in [0.717, 1.165) is 11.3 Å². The Hall–Kier alpha value is -1.56. The standard InChI is InChI=1S/C12H17N3O2S/c1-7-4-5-13-8(2)11(7)15-12(17)10(6-18)14-9(3)16/h4-5,10,18H,6H2,1-3H3,(H,14,16)(H,15,17). The zero-order valence-corrected chi connectivity index (χ0v) is 11.5. The summed E-state index contributed by atoms with van der Waals surface area (Å²) in [7, 11) is 0. The summed E-state index contributed by atoms with van der Waals surface area (Å²) < 4.78 is 0. The average Bonchev–Trinajstić information content (AvgIpc) is 2.30. The number of rotatable bonds is 4. The number of thiol groups is 1. The van der Waals surface area contributed by atoms with Gasteiger partial charge in [0.2, 0.25) is 11.8 Å². The Labute approximate surface area is 112 Å². The Morgan fingerprint density at radius 2 is 2.11 bits per heavy atom. The molecular formula is C12H17N3O2S. The van der Waals surface area contributed by atoms with Crippen molar-refractivity contribution in [2.45, 2.75) is 26.8 Å². The van der Waals surface area contributed by atoms with Gasteiger partial charge in [-0.25, -0.2) is 0 Å². The number of hydrogen-bond donors (Lipinski definition) is 3. The lowest BCUT2D eigenvalue weighted by molar-refractivity contribution is -0.124. The molecule has 0 aliphatic carbocycles. The van der Waals surface area contributed by atoms with Crippen LogP contribution in [0.5, 0.6) is 0 Å². The van der Waals surface area contributed by atoms with Crippen LogP contribution in [0.15, 0.2) is 12.3 Å². The van der Waals surface area contributed by atoms with Gasteiger partial charge in [0.25, 0.3) is 0 Å². The van der Waals surface area contributed by atoms with Gasteiger partial charge in [-0.1, -0.05) is 0 Å². The van der Waals surface area contributed by atoms with E-state index in [9.17, 15) is 9.59 Å². The van der Waals surface area contributed by atoms with Crippen molar-refractivity contribution in [2.75, 3.05) is 11.1 Å². The number of carbonyl (C=O) groups is 2. The molecule has 0 spiro atoms. The first-order valence-corrected chi connectivity index (χ1v) is 6.20. The Kier molecular flexibility index (Phi) is 5.15. The molecule has 0 fully saturated rings. The minimum Gasteiger partial charge on any atom is -0.344 e. The first-order chi connectivity index (χ1) is 8.45. The zero-order chi connectivity index (χ0) is 13.7. The molecule has 0 radical (unpaired) electrons. The lowest BCUT2D eigenvalue weighted by Gasteiger charge is -2.17. The van der Waals surface area contributed by atoms with Crippen LogP contribution in [0.4, 0.5) is 5.69 Å². The van der Waals surface area contributed by atoms with E-state index in [1.54, 1.807) is 6.20 Å². The molecule has 2 N–H and O–H groups in total. The molecule has 5 nitrogen and oxygen atoms in total. The summed E-state index contributed by atoms with van der Waals surface area (Å²) in [6, 6.07) is 1.17. The molecule has 1 heterocycles. The van der Waals surface area contributed by atoms with Gasteiger partial charge in [0.15, 0.2) is 0 Å². The van der Waals surface area contributed by atoms with Gasteiger partial charge in [0.05, 0.1) is 11.4 Å². The topological polar surface area (TPSA) is 71.1 Å². The predicted molar refractivity (Wildman–Crippen MR) is 73.8 cm³/mol. The molecule has 0 aliphatic rings. The van der Waals surface area contributed by atoms with Crippen molar-refractivity contribution >= 4 is 30.1 Å². The Bertz CT molecular complexity index is 442. The highest BCUT2D eigenvalue weighted by atomic mass is 32.1. The third-order valence-electron chi connectivity index (χ3n) is 2.47.